The Morgan fingerprint density at radius 2 is 1.95 bits per heavy atom. The number of rotatable bonds is 2. The van der Waals surface area contributed by atoms with Gasteiger partial charge >= 0.3 is 0 Å². The maximum atomic E-state index is 12.2. The lowest BCUT2D eigenvalue weighted by atomic mass is 9.92. The van der Waals surface area contributed by atoms with Gasteiger partial charge in [0.05, 0.1) is 18.4 Å². The van der Waals surface area contributed by atoms with Crippen molar-refractivity contribution >= 4 is 22.6 Å². The Bertz CT molecular complexity index is 730. The number of ether oxygens (including phenoxy) is 1. The summed E-state index contributed by atoms with van der Waals surface area (Å²) in [6, 6.07) is 5.84. The number of benzene rings is 1. The number of aromatic nitrogens is 2. The molecule has 0 aliphatic heterocycles. The number of methoxy groups -OCH3 is 1. The molecule has 1 aromatic carbocycles. The number of aryl methyl sites for hydroxylation is 1. The van der Waals surface area contributed by atoms with Crippen LogP contribution in [-0.4, -0.2) is 17.1 Å². The van der Waals surface area contributed by atoms with Crippen molar-refractivity contribution in [3.63, 3.8) is 0 Å². The van der Waals surface area contributed by atoms with Gasteiger partial charge in [-0.1, -0.05) is 26.8 Å². The highest BCUT2D eigenvalue weighted by Crippen LogP contribution is 2.30. The third-order valence-electron chi connectivity index (χ3n) is 3.19. The van der Waals surface area contributed by atoms with Crippen LogP contribution < -0.4 is 10.3 Å². The number of aromatic amines is 1. The second-order valence-electron chi connectivity index (χ2n) is 6.03. The summed E-state index contributed by atoms with van der Waals surface area (Å²) < 4.78 is 6.05. The van der Waals surface area contributed by atoms with Gasteiger partial charge in [-0.2, -0.15) is 0 Å². The minimum Gasteiger partial charge on any atom is -0.496 e. The Morgan fingerprint density at radius 1 is 1.29 bits per heavy atom. The minimum absolute atomic E-state index is 0.117. The van der Waals surface area contributed by atoms with Gasteiger partial charge in [0.2, 0.25) is 0 Å². The van der Waals surface area contributed by atoms with E-state index in [0.717, 1.165) is 16.8 Å². The molecule has 0 aliphatic carbocycles. The van der Waals surface area contributed by atoms with Gasteiger partial charge in [-0.25, -0.2) is 4.98 Å². The van der Waals surface area contributed by atoms with E-state index in [2.05, 4.69) is 32.6 Å². The van der Waals surface area contributed by atoms with Gasteiger partial charge in [0.1, 0.15) is 15.1 Å². The molecular weight excluding hydrogens is 379 g/mol. The average Bonchev–Trinajstić information content (AvgIpc) is 2.40. The topological polar surface area (TPSA) is 55.0 Å². The summed E-state index contributed by atoms with van der Waals surface area (Å²) >= 11 is 2.05. The highest BCUT2D eigenvalue weighted by atomic mass is 127. The van der Waals surface area contributed by atoms with Crippen LogP contribution in [0.4, 0.5) is 0 Å². The Kier molecular flexibility index (Phi) is 4.41. The maximum absolute atomic E-state index is 12.2. The van der Waals surface area contributed by atoms with Crippen LogP contribution in [0.25, 0.3) is 11.4 Å². The summed E-state index contributed by atoms with van der Waals surface area (Å²) in [4.78, 5) is 19.7. The third kappa shape index (κ3) is 3.28. The summed E-state index contributed by atoms with van der Waals surface area (Å²) in [5.74, 6) is 1.25. The zero-order valence-corrected chi connectivity index (χ0v) is 15.0. The Balaban J connectivity index is 2.71. The quantitative estimate of drug-likeness (QED) is 0.786. The van der Waals surface area contributed by atoms with E-state index in [1.165, 1.54) is 0 Å². The molecule has 2 rings (SSSR count). The normalized spacial score (nSPS) is 11.5. The van der Waals surface area contributed by atoms with Crippen LogP contribution in [0.1, 0.15) is 32.0 Å². The molecule has 0 unspecified atom stereocenters. The van der Waals surface area contributed by atoms with Crippen molar-refractivity contribution in [2.75, 3.05) is 7.11 Å². The second kappa shape index (κ2) is 5.79. The van der Waals surface area contributed by atoms with Crippen molar-refractivity contribution in [2.45, 2.75) is 33.1 Å². The summed E-state index contributed by atoms with van der Waals surface area (Å²) in [5, 5.41) is 0. The van der Waals surface area contributed by atoms with E-state index in [9.17, 15) is 4.79 Å². The molecule has 0 aliphatic rings. The molecule has 21 heavy (non-hydrogen) atoms. The summed E-state index contributed by atoms with van der Waals surface area (Å²) in [6.45, 7) is 8.14. The average molecular weight is 398 g/mol. The molecule has 2 aromatic rings. The van der Waals surface area contributed by atoms with Gasteiger partial charge in [0.15, 0.2) is 0 Å². The van der Waals surface area contributed by atoms with Crippen molar-refractivity contribution in [1.82, 2.24) is 9.97 Å². The van der Waals surface area contributed by atoms with E-state index in [1.807, 2.05) is 45.9 Å². The Morgan fingerprint density at radius 3 is 2.52 bits per heavy atom. The minimum atomic E-state index is -0.197. The van der Waals surface area contributed by atoms with Crippen LogP contribution >= 0.6 is 22.6 Å². The van der Waals surface area contributed by atoms with Gasteiger partial charge in [0.25, 0.3) is 5.56 Å². The van der Waals surface area contributed by atoms with E-state index >= 15 is 0 Å². The van der Waals surface area contributed by atoms with Crippen LogP contribution in [0.15, 0.2) is 23.0 Å². The smallest absolute Gasteiger partial charge is 0.264 e. The molecule has 4 nitrogen and oxygen atoms in total. The molecule has 0 bridgehead atoms. The molecule has 0 amide bonds. The number of hydrogen-bond donors (Lipinski definition) is 1. The second-order valence-corrected chi connectivity index (χ2v) is 7.11. The zero-order chi connectivity index (χ0) is 15.8. The molecule has 0 spiro atoms. The van der Waals surface area contributed by atoms with E-state index in [-0.39, 0.29) is 11.0 Å². The molecule has 0 saturated carbocycles. The SMILES string of the molecule is COc1cc(C)ccc1-c1nc(C(C)(C)C)c(I)c(=O)[nH]1. The third-order valence-corrected chi connectivity index (χ3v) is 4.19. The van der Waals surface area contributed by atoms with Crippen LogP contribution in [0.3, 0.4) is 0 Å². The fraction of sp³-hybridized carbons (Fsp3) is 0.375. The number of nitrogens with zero attached hydrogens (tertiary/aromatic N) is 1. The molecule has 5 heteroatoms. The standard InChI is InChI=1S/C16H19IN2O2/c1-9-6-7-10(11(8-9)21-5)14-18-13(16(2,3)4)12(17)15(20)19-14/h6-8H,1-5H3,(H,18,19,20). The van der Waals surface area contributed by atoms with Crippen LogP contribution in [0.5, 0.6) is 5.75 Å². The van der Waals surface area contributed by atoms with Crippen LogP contribution in [0.2, 0.25) is 0 Å². The first-order valence-corrected chi connectivity index (χ1v) is 7.77. The lowest BCUT2D eigenvalue weighted by molar-refractivity contribution is 0.415. The Labute approximate surface area is 138 Å². The largest absolute Gasteiger partial charge is 0.496 e. The summed E-state index contributed by atoms with van der Waals surface area (Å²) in [6.07, 6.45) is 0. The first-order valence-electron chi connectivity index (χ1n) is 6.69. The number of H-pyrrole nitrogens is 1. The van der Waals surface area contributed by atoms with Gasteiger partial charge < -0.3 is 9.72 Å². The molecular formula is C16H19IN2O2. The molecule has 0 saturated heterocycles. The zero-order valence-electron chi connectivity index (χ0n) is 12.9. The lowest BCUT2D eigenvalue weighted by Gasteiger charge is -2.20. The van der Waals surface area contributed by atoms with E-state index in [0.29, 0.717) is 15.1 Å². The fourth-order valence-corrected chi connectivity index (χ4v) is 3.14. The molecule has 1 heterocycles. The van der Waals surface area contributed by atoms with Crippen molar-refractivity contribution < 1.29 is 4.74 Å². The number of nitrogens with one attached hydrogen (secondary N) is 1. The highest BCUT2D eigenvalue weighted by molar-refractivity contribution is 14.1. The molecule has 1 N–H and O–H groups in total. The van der Waals surface area contributed by atoms with Gasteiger partial charge in [-0.05, 0) is 47.2 Å². The van der Waals surface area contributed by atoms with Crippen molar-refractivity contribution in [3.05, 3.63) is 43.4 Å². The lowest BCUT2D eigenvalue weighted by Crippen LogP contribution is -2.24. The predicted molar refractivity (Wildman–Crippen MR) is 93.0 cm³/mol. The Hall–Kier alpha value is -1.37. The van der Waals surface area contributed by atoms with E-state index < -0.39 is 0 Å². The van der Waals surface area contributed by atoms with Crippen LogP contribution in [0, 0.1) is 10.5 Å². The first-order chi connectivity index (χ1) is 9.74. The fourth-order valence-electron chi connectivity index (χ4n) is 2.08. The van der Waals surface area contributed by atoms with Crippen molar-refractivity contribution in [1.29, 1.82) is 0 Å². The van der Waals surface area contributed by atoms with E-state index in [4.69, 9.17) is 4.74 Å². The van der Waals surface area contributed by atoms with Crippen molar-refractivity contribution in [3.8, 4) is 17.1 Å². The molecule has 1 aromatic heterocycles. The van der Waals surface area contributed by atoms with Crippen LogP contribution in [-0.2, 0) is 5.41 Å². The molecule has 0 atom stereocenters. The predicted octanol–water partition coefficient (Wildman–Crippen LogP) is 3.66. The van der Waals surface area contributed by atoms with Crippen molar-refractivity contribution in [2.24, 2.45) is 0 Å². The summed E-state index contributed by atoms with van der Waals surface area (Å²) in [7, 11) is 1.62. The highest BCUT2D eigenvalue weighted by Gasteiger charge is 2.23. The summed E-state index contributed by atoms with van der Waals surface area (Å²) in [5.41, 5.74) is 2.37. The number of hydrogen-bond acceptors (Lipinski definition) is 3. The monoisotopic (exact) mass is 398 g/mol. The van der Waals surface area contributed by atoms with Gasteiger partial charge in [-0.15, -0.1) is 0 Å². The molecule has 0 radical (unpaired) electrons. The van der Waals surface area contributed by atoms with Gasteiger partial charge in [0, 0.05) is 5.41 Å². The van der Waals surface area contributed by atoms with E-state index in [1.54, 1.807) is 7.11 Å². The first kappa shape index (κ1) is 16.0. The maximum Gasteiger partial charge on any atom is 0.264 e. The van der Waals surface area contributed by atoms with Gasteiger partial charge in [-0.3, -0.25) is 4.79 Å². The molecule has 112 valence electrons. The number of halogens is 1. The molecule has 0 fully saturated rings.